The average molecular weight is 400 g/mol. The van der Waals surface area contributed by atoms with Crippen molar-refractivity contribution in [2.75, 3.05) is 6.54 Å². The van der Waals surface area contributed by atoms with Gasteiger partial charge in [0.25, 0.3) is 15.9 Å². The predicted molar refractivity (Wildman–Crippen MR) is 105 cm³/mol. The van der Waals surface area contributed by atoms with Crippen LogP contribution in [0, 0.1) is 6.92 Å². The fraction of sp³-hybridized carbons (Fsp3) is 0.389. The van der Waals surface area contributed by atoms with Crippen molar-refractivity contribution in [2.24, 2.45) is 5.73 Å². The Morgan fingerprint density at radius 1 is 1.15 bits per heavy atom. The minimum atomic E-state index is -3.71. The van der Waals surface area contributed by atoms with Crippen molar-refractivity contribution in [1.82, 2.24) is 9.29 Å². The topological polar surface area (TPSA) is 94.2 Å². The summed E-state index contributed by atoms with van der Waals surface area (Å²) in [5.41, 5.74) is 6.98. The van der Waals surface area contributed by atoms with Crippen molar-refractivity contribution in [3.8, 4) is 0 Å². The molecule has 26 heavy (non-hydrogen) atoms. The van der Waals surface area contributed by atoms with E-state index < -0.39 is 15.6 Å². The second kappa shape index (κ2) is 8.70. The van der Waals surface area contributed by atoms with Crippen LogP contribution in [0.4, 0.5) is 0 Å². The number of nitrogens with two attached hydrogens (primary N) is 1. The van der Waals surface area contributed by atoms with Crippen molar-refractivity contribution in [3.63, 3.8) is 0 Å². The van der Waals surface area contributed by atoms with Crippen LogP contribution in [-0.2, 0) is 10.0 Å². The molecule has 0 saturated heterocycles. The van der Waals surface area contributed by atoms with Crippen LogP contribution < -0.4 is 11.1 Å². The van der Waals surface area contributed by atoms with Gasteiger partial charge in [0, 0.05) is 24.5 Å². The number of nitrogens with zero attached hydrogens (tertiary/aromatic N) is 1. The number of rotatable bonds is 7. The Morgan fingerprint density at radius 3 is 2.27 bits per heavy atom. The molecule has 6 nitrogen and oxygen atoms in total. The molecule has 1 amide bonds. The highest BCUT2D eigenvalue weighted by Gasteiger charge is 2.22. The number of nitrogens with one attached hydrogen (secondary N) is 1. The SMILES string of the molecule is CCC(N)(CC)CNC(=O)c1ccn(S(=O)(=O)c2ccc(C)cc2)c1.Cl. The van der Waals surface area contributed by atoms with Gasteiger partial charge in [-0.15, -0.1) is 12.4 Å². The molecule has 0 fully saturated rings. The van der Waals surface area contributed by atoms with Gasteiger partial charge in [-0.1, -0.05) is 31.5 Å². The van der Waals surface area contributed by atoms with Crippen LogP contribution in [0.1, 0.15) is 42.6 Å². The van der Waals surface area contributed by atoms with Gasteiger partial charge in [0.1, 0.15) is 0 Å². The number of halogens is 1. The van der Waals surface area contributed by atoms with Crippen molar-refractivity contribution in [2.45, 2.75) is 44.0 Å². The van der Waals surface area contributed by atoms with Gasteiger partial charge in [-0.05, 0) is 38.0 Å². The van der Waals surface area contributed by atoms with Gasteiger partial charge in [0.05, 0.1) is 10.5 Å². The van der Waals surface area contributed by atoms with Crippen LogP contribution >= 0.6 is 12.4 Å². The van der Waals surface area contributed by atoms with Gasteiger partial charge in [-0.25, -0.2) is 12.4 Å². The first-order chi connectivity index (χ1) is 11.7. The molecule has 0 spiro atoms. The predicted octanol–water partition coefficient (Wildman–Crippen LogP) is 2.70. The molecule has 0 aliphatic carbocycles. The van der Waals surface area contributed by atoms with Crippen LogP contribution in [0.5, 0.6) is 0 Å². The van der Waals surface area contributed by atoms with Gasteiger partial charge in [-0.2, -0.15) is 0 Å². The quantitative estimate of drug-likeness (QED) is 0.748. The Morgan fingerprint density at radius 2 is 1.73 bits per heavy atom. The highest BCUT2D eigenvalue weighted by Crippen LogP contribution is 2.16. The molecule has 0 aliphatic heterocycles. The molecule has 0 bridgehead atoms. The molecule has 1 aromatic heterocycles. The maximum Gasteiger partial charge on any atom is 0.267 e. The Bertz CT molecular complexity index is 841. The van der Waals surface area contributed by atoms with Crippen LogP contribution in [0.15, 0.2) is 47.6 Å². The summed E-state index contributed by atoms with van der Waals surface area (Å²) >= 11 is 0. The van der Waals surface area contributed by atoms with E-state index in [-0.39, 0.29) is 28.8 Å². The summed E-state index contributed by atoms with van der Waals surface area (Å²) in [7, 11) is -3.71. The molecule has 0 radical (unpaired) electrons. The molecule has 0 saturated carbocycles. The summed E-state index contributed by atoms with van der Waals surface area (Å²) in [5.74, 6) is -0.338. The molecule has 8 heteroatoms. The fourth-order valence-corrected chi connectivity index (χ4v) is 3.55. The molecule has 0 unspecified atom stereocenters. The number of aromatic nitrogens is 1. The molecule has 2 rings (SSSR count). The molecular weight excluding hydrogens is 374 g/mol. The fourth-order valence-electron chi connectivity index (χ4n) is 2.35. The van der Waals surface area contributed by atoms with Gasteiger partial charge >= 0.3 is 0 Å². The van der Waals surface area contributed by atoms with E-state index in [1.807, 2.05) is 20.8 Å². The lowest BCUT2D eigenvalue weighted by Gasteiger charge is -2.26. The van der Waals surface area contributed by atoms with E-state index in [9.17, 15) is 13.2 Å². The molecule has 144 valence electrons. The van der Waals surface area contributed by atoms with E-state index in [0.717, 1.165) is 22.4 Å². The van der Waals surface area contributed by atoms with Crippen molar-refractivity contribution < 1.29 is 13.2 Å². The third-order valence-corrected chi connectivity index (χ3v) is 6.19. The van der Waals surface area contributed by atoms with Crippen LogP contribution in [0.25, 0.3) is 0 Å². The third-order valence-electron chi connectivity index (χ3n) is 4.54. The minimum absolute atomic E-state index is 0. The number of benzene rings is 1. The number of aryl methyl sites for hydroxylation is 1. The Hall–Kier alpha value is -1.83. The first-order valence-electron chi connectivity index (χ1n) is 8.29. The minimum Gasteiger partial charge on any atom is -0.350 e. The molecule has 3 N–H and O–H groups in total. The number of hydrogen-bond donors (Lipinski definition) is 2. The van der Waals surface area contributed by atoms with Gasteiger partial charge < -0.3 is 11.1 Å². The van der Waals surface area contributed by atoms with Gasteiger partial charge in [-0.3, -0.25) is 4.79 Å². The van der Waals surface area contributed by atoms with E-state index in [1.54, 1.807) is 24.3 Å². The summed E-state index contributed by atoms with van der Waals surface area (Å²) < 4.78 is 26.3. The normalized spacial score (nSPS) is 11.7. The smallest absolute Gasteiger partial charge is 0.267 e. The van der Waals surface area contributed by atoms with E-state index in [1.165, 1.54) is 18.5 Å². The second-order valence-electron chi connectivity index (χ2n) is 6.30. The highest BCUT2D eigenvalue weighted by molar-refractivity contribution is 7.90. The number of amides is 1. The second-order valence-corrected chi connectivity index (χ2v) is 8.14. The first kappa shape index (κ1) is 22.2. The zero-order valence-corrected chi connectivity index (χ0v) is 16.9. The summed E-state index contributed by atoms with van der Waals surface area (Å²) in [6.07, 6.45) is 4.18. The third kappa shape index (κ3) is 4.87. The lowest BCUT2D eigenvalue weighted by molar-refractivity contribution is 0.0942. The molecule has 0 atom stereocenters. The van der Waals surface area contributed by atoms with E-state index in [2.05, 4.69) is 5.32 Å². The summed E-state index contributed by atoms with van der Waals surface area (Å²) in [6.45, 7) is 6.17. The average Bonchev–Trinajstić information content (AvgIpc) is 3.11. The largest absolute Gasteiger partial charge is 0.350 e. The Kier molecular flexibility index (Phi) is 7.44. The maximum atomic E-state index is 12.6. The van der Waals surface area contributed by atoms with Gasteiger partial charge in [0.15, 0.2) is 0 Å². The Labute approximate surface area is 161 Å². The van der Waals surface area contributed by atoms with Crippen molar-refractivity contribution >= 4 is 28.3 Å². The Balaban J connectivity index is 0.00000338. The van der Waals surface area contributed by atoms with Crippen molar-refractivity contribution in [3.05, 3.63) is 53.9 Å². The van der Waals surface area contributed by atoms with Gasteiger partial charge in [0.2, 0.25) is 0 Å². The van der Waals surface area contributed by atoms with Crippen LogP contribution in [0.3, 0.4) is 0 Å². The lowest BCUT2D eigenvalue weighted by Crippen LogP contribution is -2.49. The van der Waals surface area contributed by atoms with E-state index in [4.69, 9.17) is 5.73 Å². The zero-order chi connectivity index (χ0) is 18.7. The molecular formula is C18H26ClN3O3S. The monoisotopic (exact) mass is 399 g/mol. The molecule has 1 aromatic carbocycles. The number of hydrogen-bond acceptors (Lipinski definition) is 4. The lowest BCUT2D eigenvalue weighted by atomic mass is 9.94. The number of carbonyl (C=O) groups is 1. The number of carbonyl (C=O) groups excluding carboxylic acids is 1. The molecule has 1 heterocycles. The molecule has 2 aromatic rings. The van der Waals surface area contributed by atoms with Crippen LogP contribution in [-0.4, -0.2) is 30.4 Å². The summed E-state index contributed by atoms with van der Waals surface area (Å²) in [4.78, 5) is 12.4. The van der Waals surface area contributed by atoms with E-state index >= 15 is 0 Å². The molecule has 0 aliphatic rings. The summed E-state index contributed by atoms with van der Waals surface area (Å²) in [6, 6.07) is 8.06. The maximum absolute atomic E-state index is 12.6. The zero-order valence-electron chi connectivity index (χ0n) is 15.2. The van der Waals surface area contributed by atoms with Crippen molar-refractivity contribution in [1.29, 1.82) is 0 Å². The highest BCUT2D eigenvalue weighted by atomic mass is 35.5. The van der Waals surface area contributed by atoms with Crippen LogP contribution in [0.2, 0.25) is 0 Å². The van der Waals surface area contributed by atoms with E-state index in [0.29, 0.717) is 6.54 Å². The summed E-state index contributed by atoms with van der Waals surface area (Å²) in [5, 5.41) is 2.78. The first-order valence-corrected chi connectivity index (χ1v) is 9.73. The standard InChI is InChI=1S/C18H25N3O3S.ClH/c1-4-18(19,5-2)13-20-17(22)15-10-11-21(12-15)25(23,24)16-8-6-14(3)7-9-16;/h6-12H,4-5,13,19H2,1-3H3,(H,20,22);1H.